The number of hydrogen-bond donors (Lipinski definition) is 0. The molecule has 0 unspecified atom stereocenters. The molecular formula is C14H22BrNO. The summed E-state index contributed by atoms with van der Waals surface area (Å²) in [6.45, 7) is 8.30. The third-order valence-electron chi connectivity index (χ3n) is 2.88. The average molecular weight is 300 g/mol. The first kappa shape index (κ1) is 14.5. The topological polar surface area (TPSA) is 12.5 Å². The van der Waals surface area contributed by atoms with Gasteiger partial charge in [0.2, 0.25) is 0 Å². The van der Waals surface area contributed by atoms with Gasteiger partial charge in [-0.15, -0.1) is 0 Å². The third kappa shape index (κ3) is 4.00. The molecule has 0 aliphatic rings. The first-order chi connectivity index (χ1) is 8.10. The van der Waals surface area contributed by atoms with Gasteiger partial charge in [0.15, 0.2) is 0 Å². The number of hydrogen-bond acceptors (Lipinski definition) is 2. The van der Waals surface area contributed by atoms with Gasteiger partial charge >= 0.3 is 0 Å². The van der Waals surface area contributed by atoms with Crippen LogP contribution in [0.25, 0.3) is 0 Å². The highest BCUT2D eigenvalue weighted by Crippen LogP contribution is 2.24. The van der Waals surface area contributed by atoms with E-state index in [1.807, 2.05) is 0 Å². The van der Waals surface area contributed by atoms with Crippen LogP contribution in [0.15, 0.2) is 18.2 Å². The predicted octanol–water partition coefficient (Wildman–Crippen LogP) is 3.75. The van der Waals surface area contributed by atoms with E-state index in [9.17, 15) is 0 Å². The van der Waals surface area contributed by atoms with Crippen molar-refractivity contribution in [2.24, 2.45) is 0 Å². The summed E-state index contributed by atoms with van der Waals surface area (Å²) < 4.78 is 5.18. The SMILES string of the molecule is COCCN(c1ccc(CBr)cc1C)C(C)C. The van der Waals surface area contributed by atoms with Crippen molar-refractivity contribution in [3.05, 3.63) is 29.3 Å². The van der Waals surface area contributed by atoms with Crippen molar-refractivity contribution in [3.63, 3.8) is 0 Å². The minimum atomic E-state index is 0.485. The largest absolute Gasteiger partial charge is 0.383 e. The molecule has 0 amide bonds. The van der Waals surface area contributed by atoms with Gasteiger partial charge in [0.1, 0.15) is 0 Å². The Morgan fingerprint density at radius 1 is 1.35 bits per heavy atom. The van der Waals surface area contributed by atoms with Gasteiger partial charge in [-0.3, -0.25) is 0 Å². The Kier molecular flexibility index (Phi) is 6.00. The number of methoxy groups -OCH3 is 1. The lowest BCUT2D eigenvalue weighted by Gasteiger charge is -2.30. The highest BCUT2D eigenvalue weighted by Gasteiger charge is 2.12. The van der Waals surface area contributed by atoms with Crippen LogP contribution in [-0.2, 0) is 10.1 Å². The number of nitrogens with zero attached hydrogens (tertiary/aromatic N) is 1. The number of aryl methyl sites for hydroxylation is 1. The first-order valence-electron chi connectivity index (χ1n) is 6.01. The second-order valence-corrected chi connectivity index (χ2v) is 5.10. The Hall–Kier alpha value is -0.540. The number of rotatable bonds is 6. The summed E-state index contributed by atoms with van der Waals surface area (Å²) in [6.07, 6.45) is 0. The fourth-order valence-electron chi connectivity index (χ4n) is 1.97. The van der Waals surface area contributed by atoms with Crippen LogP contribution in [-0.4, -0.2) is 26.3 Å². The van der Waals surface area contributed by atoms with Crippen LogP contribution in [0, 0.1) is 6.92 Å². The lowest BCUT2D eigenvalue weighted by Crippen LogP contribution is -2.34. The molecule has 3 heteroatoms. The molecule has 96 valence electrons. The Labute approximate surface area is 113 Å². The van der Waals surface area contributed by atoms with E-state index in [0.717, 1.165) is 18.5 Å². The van der Waals surface area contributed by atoms with Gasteiger partial charge in [-0.05, 0) is 38.0 Å². The van der Waals surface area contributed by atoms with Crippen molar-refractivity contribution >= 4 is 21.6 Å². The molecule has 0 radical (unpaired) electrons. The summed E-state index contributed by atoms with van der Waals surface area (Å²) in [5.41, 5.74) is 3.95. The van der Waals surface area contributed by atoms with E-state index in [1.54, 1.807) is 7.11 Å². The smallest absolute Gasteiger partial charge is 0.0637 e. The van der Waals surface area contributed by atoms with Crippen LogP contribution in [0.4, 0.5) is 5.69 Å². The molecule has 0 fully saturated rings. The zero-order chi connectivity index (χ0) is 12.8. The highest BCUT2D eigenvalue weighted by molar-refractivity contribution is 9.08. The summed E-state index contributed by atoms with van der Waals surface area (Å²) in [7, 11) is 1.75. The van der Waals surface area contributed by atoms with Gasteiger partial charge in [-0.1, -0.05) is 28.1 Å². The van der Waals surface area contributed by atoms with Gasteiger partial charge in [-0.25, -0.2) is 0 Å². The van der Waals surface area contributed by atoms with E-state index in [1.165, 1.54) is 16.8 Å². The van der Waals surface area contributed by atoms with Crippen molar-refractivity contribution in [2.45, 2.75) is 32.1 Å². The van der Waals surface area contributed by atoms with Crippen LogP contribution in [0.3, 0.4) is 0 Å². The van der Waals surface area contributed by atoms with E-state index in [0.29, 0.717) is 6.04 Å². The van der Waals surface area contributed by atoms with E-state index in [2.05, 4.69) is 59.8 Å². The van der Waals surface area contributed by atoms with Crippen LogP contribution in [0.1, 0.15) is 25.0 Å². The van der Waals surface area contributed by atoms with Crippen LogP contribution in [0.5, 0.6) is 0 Å². The molecule has 1 aromatic rings. The molecule has 0 saturated carbocycles. The standard InChI is InChI=1S/C14H22BrNO/c1-11(2)16(7-8-17-4)14-6-5-13(10-15)9-12(14)3/h5-6,9,11H,7-8,10H2,1-4H3. The van der Waals surface area contributed by atoms with Gasteiger partial charge in [0, 0.05) is 30.7 Å². The summed E-state index contributed by atoms with van der Waals surface area (Å²) in [5.74, 6) is 0. The minimum Gasteiger partial charge on any atom is -0.383 e. The number of alkyl halides is 1. The predicted molar refractivity (Wildman–Crippen MR) is 78.2 cm³/mol. The molecule has 2 nitrogen and oxygen atoms in total. The molecule has 0 N–H and O–H groups in total. The van der Waals surface area contributed by atoms with Crippen LogP contribution in [0.2, 0.25) is 0 Å². The van der Waals surface area contributed by atoms with E-state index < -0.39 is 0 Å². The quantitative estimate of drug-likeness (QED) is 0.742. The van der Waals surface area contributed by atoms with Gasteiger partial charge < -0.3 is 9.64 Å². The summed E-state index contributed by atoms with van der Waals surface area (Å²) in [4.78, 5) is 2.39. The molecule has 1 rings (SSSR count). The van der Waals surface area contributed by atoms with Crippen molar-refractivity contribution in [2.75, 3.05) is 25.2 Å². The van der Waals surface area contributed by atoms with Crippen LogP contribution < -0.4 is 4.90 Å². The van der Waals surface area contributed by atoms with Gasteiger partial charge in [0.25, 0.3) is 0 Å². The lowest BCUT2D eigenvalue weighted by atomic mass is 10.1. The zero-order valence-corrected chi connectivity index (χ0v) is 12.8. The number of benzene rings is 1. The molecule has 17 heavy (non-hydrogen) atoms. The second kappa shape index (κ2) is 7.02. The van der Waals surface area contributed by atoms with Crippen molar-refractivity contribution in [3.8, 4) is 0 Å². The van der Waals surface area contributed by atoms with Crippen LogP contribution >= 0.6 is 15.9 Å². The maximum absolute atomic E-state index is 5.18. The Morgan fingerprint density at radius 3 is 2.53 bits per heavy atom. The Bertz CT molecular complexity index is 352. The molecule has 0 spiro atoms. The molecule has 0 aliphatic heterocycles. The number of ether oxygens (including phenoxy) is 1. The molecule has 0 aliphatic carbocycles. The van der Waals surface area contributed by atoms with E-state index >= 15 is 0 Å². The number of anilines is 1. The normalized spacial score (nSPS) is 10.9. The average Bonchev–Trinajstić information content (AvgIpc) is 2.30. The molecule has 0 saturated heterocycles. The summed E-state index contributed by atoms with van der Waals surface area (Å²) >= 11 is 3.49. The minimum absolute atomic E-state index is 0.485. The fraction of sp³-hybridized carbons (Fsp3) is 0.571. The highest BCUT2D eigenvalue weighted by atomic mass is 79.9. The van der Waals surface area contributed by atoms with Crippen molar-refractivity contribution in [1.82, 2.24) is 0 Å². The number of halogens is 1. The molecular weight excluding hydrogens is 278 g/mol. The van der Waals surface area contributed by atoms with Gasteiger partial charge in [-0.2, -0.15) is 0 Å². The molecule has 0 bridgehead atoms. The third-order valence-corrected chi connectivity index (χ3v) is 3.53. The second-order valence-electron chi connectivity index (χ2n) is 4.53. The molecule has 0 atom stereocenters. The Balaban J connectivity index is 2.93. The van der Waals surface area contributed by atoms with Crippen molar-refractivity contribution in [1.29, 1.82) is 0 Å². The zero-order valence-electron chi connectivity index (χ0n) is 11.2. The van der Waals surface area contributed by atoms with Gasteiger partial charge in [0.05, 0.1) is 6.61 Å². The maximum Gasteiger partial charge on any atom is 0.0637 e. The molecule has 0 aromatic heterocycles. The first-order valence-corrected chi connectivity index (χ1v) is 7.13. The van der Waals surface area contributed by atoms with E-state index in [4.69, 9.17) is 4.74 Å². The molecule has 0 heterocycles. The summed E-state index contributed by atoms with van der Waals surface area (Å²) in [5, 5.41) is 0.911. The summed E-state index contributed by atoms with van der Waals surface area (Å²) in [6, 6.07) is 7.12. The maximum atomic E-state index is 5.18. The van der Waals surface area contributed by atoms with Crippen molar-refractivity contribution < 1.29 is 4.74 Å². The monoisotopic (exact) mass is 299 g/mol. The molecule has 1 aromatic carbocycles. The lowest BCUT2D eigenvalue weighted by molar-refractivity contribution is 0.204. The Morgan fingerprint density at radius 2 is 2.06 bits per heavy atom. The van der Waals surface area contributed by atoms with E-state index in [-0.39, 0.29) is 0 Å². The fourth-order valence-corrected chi connectivity index (χ4v) is 2.32.